The Bertz CT molecular complexity index is 209. The van der Waals surface area contributed by atoms with E-state index in [-0.39, 0.29) is 0 Å². The van der Waals surface area contributed by atoms with Crippen molar-refractivity contribution in [2.75, 3.05) is 0 Å². The van der Waals surface area contributed by atoms with Gasteiger partial charge >= 0.3 is 0 Å². The standard InChI is InChI=1S/C13H23NO/c15-14-13-8-6-12(7-9-13)10-11-4-2-1-3-5-11/h11-12,15H,1-10H2. The summed E-state index contributed by atoms with van der Waals surface area (Å²) < 4.78 is 0. The zero-order valence-electron chi connectivity index (χ0n) is 9.62. The van der Waals surface area contributed by atoms with Crippen LogP contribution in [-0.2, 0) is 0 Å². The molecule has 2 aliphatic rings. The number of oxime groups is 1. The van der Waals surface area contributed by atoms with Crippen LogP contribution in [0.1, 0.15) is 64.2 Å². The first-order chi connectivity index (χ1) is 7.38. The van der Waals surface area contributed by atoms with Crippen molar-refractivity contribution in [1.82, 2.24) is 0 Å². The molecule has 0 atom stereocenters. The van der Waals surface area contributed by atoms with Crippen LogP contribution >= 0.6 is 0 Å². The fourth-order valence-electron chi connectivity index (χ4n) is 3.24. The first kappa shape index (κ1) is 11.0. The maximum absolute atomic E-state index is 8.69. The second kappa shape index (κ2) is 5.53. The Hall–Kier alpha value is -0.530. The lowest BCUT2D eigenvalue weighted by atomic mass is 9.77. The van der Waals surface area contributed by atoms with Gasteiger partial charge in [-0.15, -0.1) is 0 Å². The van der Waals surface area contributed by atoms with Crippen LogP contribution in [0.15, 0.2) is 5.16 Å². The molecule has 2 rings (SSSR count). The molecule has 2 aliphatic carbocycles. The van der Waals surface area contributed by atoms with Crippen LogP contribution < -0.4 is 0 Å². The highest BCUT2D eigenvalue weighted by molar-refractivity contribution is 5.84. The third-order valence-electron chi connectivity index (χ3n) is 4.22. The van der Waals surface area contributed by atoms with Crippen molar-refractivity contribution in [3.8, 4) is 0 Å². The topological polar surface area (TPSA) is 32.6 Å². The van der Waals surface area contributed by atoms with Crippen LogP contribution in [0, 0.1) is 11.8 Å². The molecule has 2 nitrogen and oxygen atoms in total. The SMILES string of the molecule is ON=C1CCC(CC2CCCCC2)CC1. The Morgan fingerprint density at radius 2 is 1.53 bits per heavy atom. The van der Waals surface area contributed by atoms with Crippen LogP contribution in [0.3, 0.4) is 0 Å². The lowest BCUT2D eigenvalue weighted by Crippen LogP contribution is -2.18. The van der Waals surface area contributed by atoms with E-state index in [2.05, 4.69) is 5.16 Å². The van der Waals surface area contributed by atoms with Crippen LogP contribution in [0.2, 0.25) is 0 Å². The van der Waals surface area contributed by atoms with Crippen molar-refractivity contribution < 1.29 is 5.21 Å². The van der Waals surface area contributed by atoms with E-state index in [1.807, 2.05) is 0 Å². The minimum Gasteiger partial charge on any atom is -0.411 e. The summed E-state index contributed by atoms with van der Waals surface area (Å²) in [5.41, 5.74) is 1.02. The maximum atomic E-state index is 8.69. The van der Waals surface area contributed by atoms with Crippen molar-refractivity contribution in [2.45, 2.75) is 64.2 Å². The van der Waals surface area contributed by atoms with Gasteiger partial charge in [-0.3, -0.25) is 0 Å². The molecule has 86 valence electrons. The summed E-state index contributed by atoms with van der Waals surface area (Å²) in [5.74, 6) is 1.93. The quantitative estimate of drug-likeness (QED) is 0.541. The van der Waals surface area contributed by atoms with E-state index >= 15 is 0 Å². The lowest BCUT2D eigenvalue weighted by Gasteiger charge is -2.29. The van der Waals surface area contributed by atoms with Gasteiger partial charge in [-0.1, -0.05) is 37.3 Å². The number of hydrogen-bond donors (Lipinski definition) is 1. The average Bonchev–Trinajstić information content (AvgIpc) is 2.31. The highest BCUT2D eigenvalue weighted by atomic mass is 16.4. The van der Waals surface area contributed by atoms with Crippen molar-refractivity contribution in [3.05, 3.63) is 0 Å². The van der Waals surface area contributed by atoms with Gasteiger partial charge in [0.15, 0.2) is 0 Å². The Labute approximate surface area is 92.8 Å². The predicted octanol–water partition coefficient (Wildman–Crippen LogP) is 3.98. The minimum atomic E-state index is 0.915. The molecule has 2 saturated carbocycles. The third-order valence-corrected chi connectivity index (χ3v) is 4.22. The molecule has 0 aliphatic heterocycles. The lowest BCUT2D eigenvalue weighted by molar-refractivity contribution is 0.263. The van der Waals surface area contributed by atoms with E-state index in [9.17, 15) is 0 Å². The van der Waals surface area contributed by atoms with E-state index in [0.29, 0.717) is 0 Å². The van der Waals surface area contributed by atoms with E-state index < -0.39 is 0 Å². The van der Waals surface area contributed by atoms with Gasteiger partial charge in [0.1, 0.15) is 0 Å². The Morgan fingerprint density at radius 3 is 2.13 bits per heavy atom. The molecule has 0 heterocycles. The van der Waals surface area contributed by atoms with Crippen molar-refractivity contribution in [3.63, 3.8) is 0 Å². The summed E-state index contributed by atoms with van der Waals surface area (Å²) in [6.07, 6.45) is 13.4. The summed E-state index contributed by atoms with van der Waals surface area (Å²) in [6.45, 7) is 0. The molecule has 0 aromatic carbocycles. The van der Waals surface area contributed by atoms with Gasteiger partial charge in [0.2, 0.25) is 0 Å². The van der Waals surface area contributed by atoms with Gasteiger partial charge in [-0.05, 0) is 43.9 Å². The largest absolute Gasteiger partial charge is 0.411 e. The van der Waals surface area contributed by atoms with E-state index in [4.69, 9.17) is 5.21 Å². The Morgan fingerprint density at radius 1 is 0.933 bits per heavy atom. The summed E-state index contributed by atoms with van der Waals surface area (Å²) in [5, 5.41) is 12.0. The number of hydrogen-bond acceptors (Lipinski definition) is 2. The molecular formula is C13H23NO. The molecule has 0 aromatic rings. The highest BCUT2D eigenvalue weighted by Crippen LogP contribution is 2.34. The molecule has 0 spiro atoms. The van der Waals surface area contributed by atoms with E-state index in [1.54, 1.807) is 0 Å². The molecule has 0 amide bonds. The van der Waals surface area contributed by atoms with Gasteiger partial charge in [-0.2, -0.15) is 0 Å². The molecule has 2 fully saturated rings. The molecule has 0 radical (unpaired) electrons. The fraction of sp³-hybridized carbons (Fsp3) is 0.923. The van der Waals surface area contributed by atoms with Crippen molar-refractivity contribution in [2.24, 2.45) is 17.0 Å². The van der Waals surface area contributed by atoms with Gasteiger partial charge in [0.05, 0.1) is 5.71 Å². The summed E-state index contributed by atoms with van der Waals surface area (Å²) in [4.78, 5) is 0. The van der Waals surface area contributed by atoms with Gasteiger partial charge < -0.3 is 5.21 Å². The first-order valence-corrected chi connectivity index (χ1v) is 6.58. The van der Waals surface area contributed by atoms with Gasteiger partial charge in [-0.25, -0.2) is 0 Å². The maximum Gasteiger partial charge on any atom is 0.0571 e. The number of rotatable bonds is 2. The first-order valence-electron chi connectivity index (χ1n) is 6.58. The third kappa shape index (κ3) is 3.22. The molecule has 0 aromatic heterocycles. The monoisotopic (exact) mass is 209 g/mol. The zero-order chi connectivity index (χ0) is 10.5. The van der Waals surface area contributed by atoms with E-state index in [1.165, 1.54) is 51.4 Å². The van der Waals surface area contributed by atoms with Crippen molar-refractivity contribution >= 4 is 5.71 Å². The summed E-state index contributed by atoms with van der Waals surface area (Å²) in [6, 6.07) is 0. The number of nitrogens with zero attached hydrogens (tertiary/aromatic N) is 1. The molecule has 15 heavy (non-hydrogen) atoms. The molecule has 0 saturated heterocycles. The smallest absolute Gasteiger partial charge is 0.0571 e. The zero-order valence-corrected chi connectivity index (χ0v) is 9.62. The molecule has 0 unspecified atom stereocenters. The molecule has 1 N–H and O–H groups in total. The van der Waals surface area contributed by atoms with Gasteiger partial charge in [0, 0.05) is 0 Å². The van der Waals surface area contributed by atoms with Crippen LogP contribution in [0.5, 0.6) is 0 Å². The van der Waals surface area contributed by atoms with Crippen LogP contribution in [0.4, 0.5) is 0 Å². The Balaban J connectivity index is 1.71. The molecule has 0 bridgehead atoms. The van der Waals surface area contributed by atoms with E-state index in [0.717, 1.165) is 30.4 Å². The van der Waals surface area contributed by atoms with Crippen LogP contribution in [-0.4, -0.2) is 10.9 Å². The van der Waals surface area contributed by atoms with Crippen LogP contribution in [0.25, 0.3) is 0 Å². The fourth-order valence-corrected chi connectivity index (χ4v) is 3.24. The molecule has 2 heteroatoms. The summed E-state index contributed by atoms with van der Waals surface area (Å²) >= 11 is 0. The van der Waals surface area contributed by atoms with Gasteiger partial charge in [0.25, 0.3) is 0 Å². The highest BCUT2D eigenvalue weighted by Gasteiger charge is 2.22. The Kier molecular flexibility index (Phi) is 4.04. The second-order valence-corrected chi connectivity index (χ2v) is 5.35. The predicted molar refractivity (Wildman–Crippen MR) is 62.4 cm³/mol. The summed E-state index contributed by atoms with van der Waals surface area (Å²) in [7, 11) is 0. The normalized spacial score (nSPS) is 29.1. The average molecular weight is 209 g/mol. The minimum absolute atomic E-state index is 0.915. The molecular weight excluding hydrogens is 186 g/mol. The second-order valence-electron chi connectivity index (χ2n) is 5.35. The van der Waals surface area contributed by atoms with Crippen molar-refractivity contribution in [1.29, 1.82) is 0 Å².